The molecular formula is C48H62N4OP2. The molecule has 2 aliphatic heterocycles. The lowest BCUT2D eigenvalue weighted by atomic mass is 9.92. The molecule has 1 fully saturated rings. The first-order valence-electron chi connectivity index (χ1n) is 20.1. The van der Waals surface area contributed by atoms with Crippen LogP contribution >= 0.6 is 16.9 Å². The summed E-state index contributed by atoms with van der Waals surface area (Å²) in [6.07, 6.45) is 4.39. The lowest BCUT2D eigenvalue weighted by Crippen LogP contribution is -2.25. The van der Waals surface area contributed by atoms with Gasteiger partial charge in [0, 0.05) is 25.5 Å². The molecule has 55 heavy (non-hydrogen) atoms. The van der Waals surface area contributed by atoms with Crippen LogP contribution in [-0.4, -0.2) is 18.5 Å². The minimum absolute atomic E-state index is 0.383. The van der Waals surface area contributed by atoms with E-state index in [1.807, 2.05) is 0 Å². The molecule has 0 bridgehead atoms. The lowest BCUT2D eigenvalue weighted by molar-refractivity contribution is 0.709. The fourth-order valence-corrected chi connectivity index (χ4v) is 11.7. The maximum Gasteiger partial charge on any atom is 0.258 e. The Labute approximate surface area is 335 Å². The van der Waals surface area contributed by atoms with E-state index >= 15 is 0 Å². The summed E-state index contributed by atoms with van der Waals surface area (Å²) in [5.74, 6) is 2.50. The Kier molecular flexibility index (Phi) is 12.4. The van der Waals surface area contributed by atoms with Crippen molar-refractivity contribution in [3.63, 3.8) is 0 Å². The second-order valence-corrected chi connectivity index (χ2v) is 19.4. The number of rotatable bonds is 10. The highest BCUT2D eigenvalue weighted by molar-refractivity contribution is 7.62. The third-order valence-electron chi connectivity index (χ3n) is 11.0. The normalized spacial score (nSPS) is 15.1. The summed E-state index contributed by atoms with van der Waals surface area (Å²) in [5.41, 5.74) is 22.0. The van der Waals surface area contributed by atoms with E-state index in [9.17, 15) is 0 Å². The van der Waals surface area contributed by atoms with Crippen molar-refractivity contribution in [2.75, 3.05) is 32.2 Å². The van der Waals surface area contributed by atoms with Crippen LogP contribution in [-0.2, 0) is 4.31 Å². The molecule has 0 radical (unpaired) electrons. The third-order valence-corrected chi connectivity index (χ3v) is 13.8. The molecule has 0 spiro atoms. The van der Waals surface area contributed by atoms with Crippen molar-refractivity contribution < 1.29 is 4.31 Å². The van der Waals surface area contributed by atoms with Gasteiger partial charge in [0.25, 0.3) is 8.45 Å². The van der Waals surface area contributed by atoms with Crippen molar-refractivity contribution in [2.45, 2.75) is 121 Å². The van der Waals surface area contributed by atoms with Crippen LogP contribution in [0, 0.1) is 41.5 Å². The number of para-hydroxylation sites is 2. The first-order chi connectivity index (χ1) is 26.1. The van der Waals surface area contributed by atoms with Gasteiger partial charge in [-0.2, -0.15) is 0 Å². The van der Waals surface area contributed by atoms with E-state index < -0.39 is 8.45 Å². The van der Waals surface area contributed by atoms with Gasteiger partial charge in [-0.3, -0.25) is 14.1 Å². The molecule has 0 N–H and O–H groups in total. The first kappa shape index (κ1) is 40.8. The van der Waals surface area contributed by atoms with Crippen LogP contribution in [0.2, 0.25) is 0 Å². The maximum absolute atomic E-state index is 7.34. The largest absolute Gasteiger partial charge is 0.309 e. The van der Waals surface area contributed by atoms with Crippen molar-refractivity contribution in [1.29, 1.82) is 0 Å². The molecule has 0 unspecified atom stereocenters. The monoisotopic (exact) mass is 772 g/mol. The highest BCUT2D eigenvalue weighted by atomic mass is 31.2. The summed E-state index contributed by atoms with van der Waals surface area (Å²) < 4.78 is 12.6. The minimum atomic E-state index is -1.26. The molecule has 5 nitrogen and oxygen atoms in total. The van der Waals surface area contributed by atoms with Crippen molar-refractivity contribution in [2.24, 2.45) is 0 Å². The molecule has 2 aliphatic rings. The summed E-state index contributed by atoms with van der Waals surface area (Å²) in [4.78, 5) is 4.62. The lowest BCUT2D eigenvalue weighted by Gasteiger charge is -2.35. The quantitative estimate of drug-likeness (QED) is 0.149. The number of benzene rings is 4. The molecule has 0 saturated carbocycles. The summed E-state index contributed by atoms with van der Waals surface area (Å²) in [6, 6.07) is 22.9. The van der Waals surface area contributed by atoms with Crippen LogP contribution in [0.15, 0.2) is 78.9 Å². The van der Waals surface area contributed by atoms with Crippen molar-refractivity contribution in [3.05, 3.63) is 135 Å². The predicted octanol–water partition coefficient (Wildman–Crippen LogP) is 14.2. The van der Waals surface area contributed by atoms with Gasteiger partial charge in [0.2, 0.25) is 0 Å². The molecule has 6 rings (SSSR count). The summed E-state index contributed by atoms with van der Waals surface area (Å²) in [7, 11) is -0.573. The van der Waals surface area contributed by atoms with Crippen molar-refractivity contribution >= 4 is 45.1 Å². The zero-order valence-electron chi connectivity index (χ0n) is 35.7. The van der Waals surface area contributed by atoms with E-state index in [0.29, 0.717) is 32.1 Å². The molecule has 4 aromatic rings. The molecule has 290 valence electrons. The van der Waals surface area contributed by atoms with Crippen LogP contribution in [0.1, 0.15) is 135 Å². The standard InChI is InChI=1S/C48H62N4OP2/c1-30(2)40-17-15-18-41(31(3)4)47(40)51-23-24-52(48-42(32(5)6)19-16-20-43(48)33(7)8)55(51)53-54-29-44-49(45-36(11)25-34(9)26-37(45)12)21-22-50(44)46-38(13)27-35(10)28-39(46)14/h15-22,25-28,30-33H,23-24H2,1-14H3. The average molecular weight is 773 g/mol. The van der Waals surface area contributed by atoms with Crippen molar-refractivity contribution in [3.8, 4) is 0 Å². The van der Waals surface area contributed by atoms with Crippen LogP contribution in [0.4, 0.5) is 22.7 Å². The average Bonchev–Trinajstić information content (AvgIpc) is 3.70. The Morgan fingerprint density at radius 3 is 1.16 bits per heavy atom. The molecule has 0 atom stereocenters. The summed E-state index contributed by atoms with van der Waals surface area (Å²) >= 11 is 0. The molecular weight excluding hydrogens is 711 g/mol. The zero-order chi connectivity index (χ0) is 39.9. The third kappa shape index (κ3) is 8.06. The van der Waals surface area contributed by atoms with Crippen LogP contribution < -0.4 is 19.1 Å². The van der Waals surface area contributed by atoms with Gasteiger partial charge in [0.15, 0.2) is 5.82 Å². The van der Waals surface area contributed by atoms with E-state index in [1.165, 1.54) is 78.4 Å². The van der Waals surface area contributed by atoms with Gasteiger partial charge in [-0.15, -0.1) is 0 Å². The maximum atomic E-state index is 7.34. The highest BCUT2D eigenvalue weighted by Crippen LogP contribution is 2.60. The second kappa shape index (κ2) is 16.7. The Bertz CT molecular complexity index is 1920. The van der Waals surface area contributed by atoms with E-state index in [-0.39, 0.29) is 0 Å². The SMILES string of the molecule is Cc1cc(C)c(N2C=CN(c3c(C)cc(C)cc3C)C2=C=POP2N(c3c(C(C)C)cccc3C(C)C)CCN2c2c(C(C)C)cccc2C(C)C)c(C)c1. The van der Waals surface area contributed by atoms with E-state index in [1.54, 1.807) is 0 Å². The zero-order valence-corrected chi connectivity index (χ0v) is 37.5. The van der Waals surface area contributed by atoms with Crippen molar-refractivity contribution in [1.82, 2.24) is 0 Å². The Morgan fingerprint density at radius 2 is 0.855 bits per heavy atom. The van der Waals surface area contributed by atoms with E-state index in [2.05, 4.69) is 195 Å². The molecule has 0 aromatic heterocycles. The fraction of sp³-hybridized carbons (Fsp3) is 0.417. The first-order valence-corrected chi connectivity index (χ1v) is 22.1. The Balaban J connectivity index is 1.56. The number of hydrogen-bond donors (Lipinski definition) is 0. The second-order valence-electron chi connectivity index (χ2n) is 16.8. The molecule has 2 heterocycles. The van der Waals surface area contributed by atoms with Gasteiger partial charge in [-0.1, -0.05) is 127 Å². The number of nitrogens with zero attached hydrogens (tertiary/aromatic N) is 4. The molecule has 0 aliphatic carbocycles. The smallest absolute Gasteiger partial charge is 0.258 e. The van der Waals surface area contributed by atoms with Gasteiger partial charge < -0.3 is 9.34 Å². The molecule has 0 amide bonds. The van der Waals surface area contributed by atoms with E-state index in [0.717, 1.165) is 18.9 Å². The van der Waals surface area contributed by atoms with Gasteiger partial charge in [0.1, 0.15) is 8.43 Å². The Morgan fingerprint density at radius 1 is 0.527 bits per heavy atom. The topological polar surface area (TPSA) is 22.2 Å². The van der Waals surface area contributed by atoms with Crippen LogP contribution in [0.3, 0.4) is 0 Å². The van der Waals surface area contributed by atoms with E-state index in [4.69, 9.17) is 4.31 Å². The summed E-state index contributed by atoms with van der Waals surface area (Å²) in [5, 5.41) is 0. The predicted molar refractivity (Wildman–Crippen MR) is 243 cm³/mol. The van der Waals surface area contributed by atoms with Gasteiger partial charge in [-0.25, -0.2) is 0 Å². The highest BCUT2D eigenvalue weighted by Gasteiger charge is 2.40. The van der Waals surface area contributed by atoms with Crippen LogP contribution in [0.5, 0.6) is 0 Å². The Hall–Kier alpha value is -3.84. The molecule has 7 heteroatoms. The fourth-order valence-electron chi connectivity index (χ4n) is 8.66. The molecule has 4 aromatic carbocycles. The summed E-state index contributed by atoms with van der Waals surface area (Å²) in [6.45, 7) is 33.6. The van der Waals surface area contributed by atoms with Gasteiger partial charge in [0.05, 0.1) is 22.7 Å². The molecule has 1 saturated heterocycles. The van der Waals surface area contributed by atoms with Gasteiger partial charge >= 0.3 is 0 Å². The minimum Gasteiger partial charge on any atom is -0.309 e. The number of hydrogen-bond acceptors (Lipinski definition) is 5. The number of anilines is 4. The van der Waals surface area contributed by atoms with Gasteiger partial charge in [-0.05, 0) is 115 Å². The van der Waals surface area contributed by atoms with Crippen LogP contribution in [0.25, 0.3) is 0 Å². The number of aryl methyl sites for hydroxylation is 6.